The van der Waals surface area contributed by atoms with Gasteiger partial charge in [-0.2, -0.15) is 0 Å². The highest BCUT2D eigenvalue weighted by Gasteiger charge is 2.42. The van der Waals surface area contributed by atoms with E-state index < -0.39 is 24.1 Å². The second-order valence-electron chi connectivity index (χ2n) is 10.8. The molecule has 3 saturated heterocycles. The van der Waals surface area contributed by atoms with Gasteiger partial charge in [0.15, 0.2) is 0 Å². The maximum absolute atomic E-state index is 12.5. The Bertz CT molecular complexity index is 1080. The molecule has 1 aromatic rings. The number of ether oxygens (including phenoxy) is 2. The van der Waals surface area contributed by atoms with E-state index in [0.29, 0.717) is 13.0 Å². The van der Waals surface area contributed by atoms with E-state index in [1.54, 1.807) is 0 Å². The van der Waals surface area contributed by atoms with Crippen LogP contribution in [0.3, 0.4) is 0 Å². The fourth-order valence-electron chi connectivity index (χ4n) is 5.84. The summed E-state index contributed by atoms with van der Waals surface area (Å²) in [5, 5.41) is 5.93. The van der Waals surface area contributed by atoms with E-state index in [2.05, 4.69) is 27.4 Å². The molecule has 204 valence electrons. The van der Waals surface area contributed by atoms with Crippen LogP contribution in [0.4, 0.5) is 4.79 Å². The summed E-state index contributed by atoms with van der Waals surface area (Å²) in [5.41, 5.74) is 1.70. The fraction of sp³-hybridized carbons (Fsp3) is 0.621. The van der Waals surface area contributed by atoms with Crippen molar-refractivity contribution in [1.82, 2.24) is 20.4 Å². The number of nitrogens with zero attached hydrogens (tertiary/aromatic N) is 2. The lowest BCUT2D eigenvalue weighted by molar-refractivity contribution is -0.136. The Hall–Kier alpha value is -2.93. The molecule has 3 atom stereocenters. The average Bonchev–Trinajstić information content (AvgIpc) is 3.31. The zero-order valence-corrected chi connectivity index (χ0v) is 22.0. The van der Waals surface area contributed by atoms with Gasteiger partial charge >= 0.3 is 6.09 Å². The SMILES string of the molecule is O=C1CCC(N2C[C@H](c3cccc(C#CCN4CCO[C@@H](CNCC5CCCCC5)C4)c3)OC2=O)C(=O)N1. The number of hydrogen-bond acceptors (Lipinski definition) is 7. The fourth-order valence-corrected chi connectivity index (χ4v) is 5.84. The quantitative estimate of drug-likeness (QED) is 0.418. The Morgan fingerprint density at radius 2 is 1.92 bits per heavy atom. The van der Waals surface area contributed by atoms with Crippen LogP contribution in [0.2, 0.25) is 0 Å². The monoisotopic (exact) mass is 522 g/mol. The molecule has 2 N–H and O–H groups in total. The molecule has 0 bridgehead atoms. The van der Waals surface area contributed by atoms with Gasteiger partial charge in [-0.25, -0.2) is 4.79 Å². The number of morpholine rings is 1. The first-order valence-electron chi connectivity index (χ1n) is 14.0. The minimum atomic E-state index is -0.673. The van der Waals surface area contributed by atoms with Crippen molar-refractivity contribution in [1.29, 1.82) is 0 Å². The summed E-state index contributed by atoms with van der Waals surface area (Å²) in [6, 6.07) is 7.03. The molecule has 0 aromatic heterocycles. The van der Waals surface area contributed by atoms with Gasteiger partial charge < -0.3 is 14.8 Å². The number of benzene rings is 1. The van der Waals surface area contributed by atoms with Gasteiger partial charge in [0.1, 0.15) is 12.1 Å². The first-order chi connectivity index (χ1) is 18.5. The lowest BCUT2D eigenvalue weighted by Crippen LogP contribution is -2.52. The standard InChI is InChI=1S/C29H38N4O5/c34-27-12-11-25(28(35)31-27)33-20-26(38-29(33)36)23-10-4-8-21(16-23)9-5-13-32-14-15-37-24(19-32)18-30-17-22-6-2-1-3-7-22/h4,8,10,16,22,24-26,30H,1-3,6-7,11-15,17-20H2,(H,31,34,35)/t24-,25?,26+/m0/s1. The Morgan fingerprint density at radius 3 is 2.76 bits per heavy atom. The summed E-state index contributed by atoms with van der Waals surface area (Å²) < 4.78 is 11.5. The summed E-state index contributed by atoms with van der Waals surface area (Å²) in [7, 11) is 0. The summed E-state index contributed by atoms with van der Waals surface area (Å²) >= 11 is 0. The first kappa shape index (κ1) is 26.7. The molecule has 1 unspecified atom stereocenters. The molecular weight excluding hydrogens is 484 g/mol. The van der Waals surface area contributed by atoms with E-state index in [4.69, 9.17) is 9.47 Å². The number of imide groups is 1. The number of carbonyl (C=O) groups is 3. The predicted molar refractivity (Wildman–Crippen MR) is 141 cm³/mol. The van der Waals surface area contributed by atoms with E-state index in [0.717, 1.165) is 49.8 Å². The second kappa shape index (κ2) is 12.7. The third-order valence-electron chi connectivity index (χ3n) is 7.97. The largest absolute Gasteiger partial charge is 0.439 e. The van der Waals surface area contributed by atoms with Crippen LogP contribution >= 0.6 is 0 Å². The first-order valence-corrected chi connectivity index (χ1v) is 14.0. The van der Waals surface area contributed by atoms with Gasteiger partial charge in [-0.3, -0.25) is 24.7 Å². The minimum absolute atomic E-state index is 0.196. The van der Waals surface area contributed by atoms with Crippen LogP contribution in [0.1, 0.15) is 62.2 Å². The third kappa shape index (κ3) is 6.93. The van der Waals surface area contributed by atoms with Crippen LogP contribution in [0.15, 0.2) is 24.3 Å². The van der Waals surface area contributed by atoms with Crippen molar-refractivity contribution in [2.45, 2.75) is 63.2 Å². The molecule has 0 radical (unpaired) electrons. The summed E-state index contributed by atoms with van der Waals surface area (Å²) in [4.78, 5) is 39.9. The van der Waals surface area contributed by atoms with Gasteiger partial charge in [-0.05, 0) is 49.4 Å². The lowest BCUT2D eigenvalue weighted by atomic mass is 9.89. The molecule has 0 spiro atoms. The summed E-state index contributed by atoms with van der Waals surface area (Å²) in [5.74, 6) is 6.62. The highest BCUT2D eigenvalue weighted by Crippen LogP contribution is 2.30. The molecule has 3 heterocycles. The molecule has 9 heteroatoms. The molecule has 4 fully saturated rings. The Kier molecular flexibility index (Phi) is 8.94. The predicted octanol–water partition coefficient (Wildman–Crippen LogP) is 2.21. The van der Waals surface area contributed by atoms with Gasteiger partial charge in [-0.15, -0.1) is 0 Å². The highest BCUT2D eigenvalue weighted by atomic mass is 16.6. The average molecular weight is 523 g/mol. The van der Waals surface area contributed by atoms with E-state index in [1.807, 2.05) is 24.3 Å². The Morgan fingerprint density at radius 1 is 1.05 bits per heavy atom. The maximum Gasteiger partial charge on any atom is 0.411 e. The van der Waals surface area contributed by atoms with Crippen LogP contribution in [0.25, 0.3) is 0 Å². The normalized spacial score (nSPS) is 27.0. The molecule has 1 aromatic carbocycles. The number of amides is 3. The number of piperidine rings is 1. The van der Waals surface area contributed by atoms with Crippen LogP contribution in [0.5, 0.6) is 0 Å². The Labute approximate surface area is 224 Å². The third-order valence-corrected chi connectivity index (χ3v) is 7.97. The highest BCUT2D eigenvalue weighted by molar-refractivity contribution is 6.01. The minimum Gasteiger partial charge on any atom is -0.439 e. The van der Waals surface area contributed by atoms with Crippen molar-refractivity contribution >= 4 is 17.9 Å². The van der Waals surface area contributed by atoms with Gasteiger partial charge in [0.05, 0.1) is 25.8 Å². The van der Waals surface area contributed by atoms with Gasteiger partial charge in [0.25, 0.3) is 0 Å². The van der Waals surface area contributed by atoms with Crippen molar-refractivity contribution in [2.75, 3.05) is 45.9 Å². The van der Waals surface area contributed by atoms with E-state index >= 15 is 0 Å². The summed E-state index contributed by atoms with van der Waals surface area (Å²) in [6.07, 6.45) is 6.55. The zero-order valence-electron chi connectivity index (χ0n) is 22.0. The summed E-state index contributed by atoms with van der Waals surface area (Å²) in [6.45, 7) is 5.41. The van der Waals surface area contributed by atoms with Crippen LogP contribution < -0.4 is 10.6 Å². The molecular formula is C29H38N4O5. The number of hydrogen-bond donors (Lipinski definition) is 2. The van der Waals surface area contributed by atoms with Crippen molar-refractivity contribution in [3.8, 4) is 11.8 Å². The van der Waals surface area contributed by atoms with Crippen LogP contribution in [-0.4, -0.2) is 85.7 Å². The van der Waals surface area contributed by atoms with Crippen molar-refractivity contribution < 1.29 is 23.9 Å². The maximum atomic E-state index is 12.5. The molecule has 38 heavy (non-hydrogen) atoms. The van der Waals surface area contributed by atoms with Crippen LogP contribution in [-0.2, 0) is 19.1 Å². The topological polar surface area (TPSA) is 100 Å². The van der Waals surface area contributed by atoms with Gasteiger partial charge in [0.2, 0.25) is 11.8 Å². The molecule has 1 saturated carbocycles. The van der Waals surface area contributed by atoms with E-state index in [9.17, 15) is 14.4 Å². The number of rotatable bonds is 7. The van der Waals surface area contributed by atoms with Crippen molar-refractivity contribution in [3.05, 3.63) is 35.4 Å². The van der Waals surface area contributed by atoms with Crippen LogP contribution in [0, 0.1) is 17.8 Å². The van der Waals surface area contributed by atoms with E-state index in [1.165, 1.54) is 37.0 Å². The number of nitrogens with one attached hydrogen (secondary N) is 2. The number of carbonyl (C=O) groups excluding carboxylic acids is 3. The van der Waals surface area contributed by atoms with Gasteiger partial charge in [-0.1, -0.05) is 43.2 Å². The molecule has 9 nitrogen and oxygen atoms in total. The zero-order chi connectivity index (χ0) is 26.3. The molecule has 3 amide bonds. The molecule has 3 aliphatic heterocycles. The second-order valence-corrected chi connectivity index (χ2v) is 10.8. The van der Waals surface area contributed by atoms with Crippen molar-refractivity contribution in [3.63, 3.8) is 0 Å². The molecule has 5 rings (SSSR count). The van der Waals surface area contributed by atoms with E-state index in [-0.39, 0.29) is 25.0 Å². The lowest BCUT2D eigenvalue weighted by Gasteiger charge is -2.32. The Balaban J connectivity index is 1.10. The van der Waals surface area contributed by atoms with Gasteiger partial charge in [0, 0.05) is 31.6 Å². The molecule has 4 aliphatic rings. The number of cyclic esters (lactones) is 1. The van der Waals surface area contributed by atoms with Crippen molar-refractivity contribution in [2.24, 2.45) is 5.92 Å². The molecule has 1 aliphatic carbocycles. The smallest absolute Gasteiger partial charge is 0.411 e.